The molecule has 0 amide bonds. The number of nitrogens with one attached hydrogen (secondary N) is 2. The van der Waals surface area contributed by atoms with Crippen LogP contribution >= 0.6 is 11.6 Å². The maximum atomic E-state index is 6.25. The Morgan fingerprint density at radius 3 is 3.15 bits per heavy atom. The Balaban J connectivity index is 1.96. The number of fused-ring (bicyclic) bond motifs is 1. The Hall–Kier alpha value is -2.11. The lowest BCUT2D eigenvalue weighted by molar-refractivity contribution is 0.512. The number of para-hydroxylation sites is 2. The van der Waals surface area contributed by atoms with Crippen molar-refractivity contribution in [2.45, 2.75) is 6.29 Å². The molecular formula is C14H14ClN5. The standard InChI is InChI=1S/C14H14ClN5/c1-2-7-16-14-17-8-10(15)13(19-14)20-9-18-11-5-3-4-6-12(11)20/h2-6,8-9,14,16,19H,1,7H2. The van der Waals surface area contributed by atoms with Gasteiger partial charge in [-0.2, -0.15) is 0 Å². The fourth-order valence-corrected chi connectivity index (χ4v) is 2.26. The maximum Gasteiger partial charge on any atom is 0.175 e. The normalized spacial score (nSPS) is 18.4. The molecule has 0 fully saturated rings. The van der Waals surface area contributed by atoms with Crippen LogP contribution in [0.1, 0.15) is 0 Å². The number of nitrogens with zero attached hydrogens (tertiary/aromatic N) is 3. The van der Waals surface area contributed by atoms with Gasteiger partial charge in [0.05, 0.1) is 16.1 Å². The second-order valence-corrected chi connectivity index (χ2v) is 4.73. The zero-order chi connectivity index (χ0) is 13.9. The predicted octanol–water partition coefficient (Wildman–Crippen LogP) is 2.13. The first kappa shape index (κ1) is 12.9. The van der Waals surface area contributed by atoms with Gasteiger partial charge in [0, 0.05) is 12.8 Å². The van der Waals surface area contributed by atoms with Crippen LogP contribution in [-0.2, 0) is 0 Å². The van der Waals surface area contributed by atoms with Crippen LogP contribution in [0.25, 0.3) is 16.9 Å². The lowest BCUT2D eigenvalue weighted by atomic mass is 10.3. The van der Waals surface area contributed by atoms with Gasteiger partial charge in [-0.05, 0) is 12.1 Å². The Morgan fingerprint density at radius 2 is 2.30 bits per heavy atom. The smallest absolute Gasteiger partial charge is 0.175 e. The molecule has 0 bridgehead atoms. The van der Waals surface area contributed by atoms with Crippen molar-refractivity contribution in [3.63, 3.8) is 0 Å². The summed E-state index contributed by atoms with van der Waals surface area (Å²) in [6.07, 6.45) is 4.94. The minimum Gasteiger partial charge on any atom is -0.336 e. The van der Waals surface area contributed by atoms with E-state index in [0.29, 0.717) is 11.6 Å². The Bertz CT molecular complexity index is 700. The molecule has 0 saturated heterocycles. The van der Waals surface area contributed by atoms with Crippen LogP contribution in [-0.4, -0.2) is 28.6 Å². The summed E-state index contributed by atoms with van der Waals surface area (Å²) in [6, 6.07) is 7.89. The van der Waals surface area contributed by atoms with Crippen LogP contribution in [0.2, 0.25) is 0 Å². The number of aliphatic imine (C=N–C) groups is 1. The molecule has 2 N–H and O–H groups in total. The highest BCUT2D eigenvalue weighted by Gasteiger charge is 2.17. The highest BCUT2D eigenvalue weighted by atomic mass is 35.5. The van der Waals surface area contributed by atoms with Crippen molar-refractivity contribution in [3.05, 3.63) is 48.3 Å². The minimum atomic E-state index is -0.230. The van der Waals surface area contributed by atoms with E-state index in [0.717, 1.165) is 16.9 Å². The first-order chi connectivity index (χ1) is 9.79. The Labute approximate surface area is 121 Å². The summed E-state index contributed by atoms with van der Waals surface area (Å²) in [6.45, 7) is 4.33. The first-order valence-corrected chi connectivity index (χ1v) is 6.63. The third-order valence-corrected chi connectivity index (χ3v) is 3.26. The summed E-state index contributed by atoms with van der Waals surface area (Å²) in [5.41, 5.74) is 1.91. The van der Waals surface area contributed by atoms with E-state index in [9.17, 15) is 0 Å². The third kappa shape index (κ3) is 2.33. The summed E-state index contributed by atoms with van der Waals surface area (Å²) in [4.78, 5) is 8.63. The molecule has 0 saturated carbocycles. The fraction of sp³-hybridized carbons (Fsp3) is 0.143. The van der Waals surface area contributed by atoms with E-state index in [1.54, 1.807) is 18.6 Å². The van der Waals surface area contributed by atoms with Gasteiger partial charge >= 0.3 is 0 Å². The molecule has 0 aliphatic carbocycles. The molecule has 2 aromatic rings. The van der Waals surface area contributed by atoms with Crippen LogP contribution < -0.4 is 10.6 Å². The van der Waals surface area contributed by atoms with Gasteiger partial charge in [-0.1, -0.05) is 29.8 Å². The molecule has 1 aliphatic heterocycles. The highest BCUT2D eigenvalue weighted by Crippen LogP contribution is 2.21. The van der Waals surface area contributed by atoms with E-state index >= 15 is 0 Å². The largest absolute Gasteiger partial charge is 0.336 e. The Kier molecular flexibility index (Phi) is 3.54. The zero-order valence-corrected chi connectivity index (χ0v) is 11.5. The van der Waals surface area contributed by atoms with Crippen molar-refractivity contribution >= 4 is 34.7 Å². The summed E-state index contributed by atoms with van der Waals surface area (Å²) >= 11 is 6.25. The van der Waals surface area contributed by atoms with Crippen molar-refractivity contribution in [2.24, 2.45) is 4.99 Å². The van der Waals surface area contributed by atoms with Crippen molar-refractivity contribution in [2.75, 3.05) is 6.54 Å². The van der Waals surface area contributed by atoms with Gasteiger partial charge in [-0.25, -0.2) is 4.98 Å². The molecule has 5 nitrogen and oxygen atoms in total. The average Bonchev–Trinajstić information content (AvgIpc) is 2.90. The molecular weight excluding hydrogens is 274 g/mol. The van der Waals surface area contributed by atoms with E-state index in [4.69, 9.17) is 11.6 Å². The van der Waals surface area contributed by atoms with Crippen LogP contribution in [0.5, 0.6) is 0 Å². The van der Waals surface area contributed by atoms with Crippen molar-refractivity contribution in [1.82, 2.24) is 20.2 Å². The molecule has 1 aromatic heterocycles. The average molecular weight is 288 g/mol. The quantitative estimate of drug-likeness (QED) is 0.847. The number of rotatable bonds is 4. The number of imidazole rings is 1. The summed E-state index contributed by atoms with van der Waals surface area (Å²) in [5.74, 6) is 0.761. The fourth-order valence-electron chi connectivity index (χ4n) is 2.06. The monoisotopic (exact) mass is 287 g/mol. The predicted molar refractivity (Wildman–Crippen MR) is 82.4 cm³/mol. The summed E-state index contributed by atoms with van der Waals surface area (Å²) in [5, 5.41) is 6.97. The topological polar surface area (TPSA) is 54.2 Å². The second-order valence-electron chi connectivity index (χ2n) is 4.32. The van der Waals surface area contributed by atoms with Gasteiger partial charge in [0.25, 0.3) is 0 Å². The first-order valence-electron chi connectivity index (χ1n) is 6.26. The zero-order valence-electron chi connectivity index (χ0n) is 10.8. The number of hydrogen-bond donors (Lipinski definition) is 2. The van der Waals surface area contributed by atoms with Gasteiger partial charge < -0.3 is 5.32 Å². The van der Waals surface area contributed by atoms with Crippen LogP contribution in [0.15, 0.2) is 53.3 Å². The van der Waals surface area contributed by atoms with E-state index in [-0.39, 0.29) is 6.29 Å². The van der Waals surface area contributed by atoms with Crippen molar-refractivity contribution < 1.29 is 0 Å². The molecule has 3 rings (SSSR count). The molecule has 1 atom stereocenters. The number of allylic oxidation sites excluding steroid dienone is 1. The van der Waals surface area contributed by atoms with Gasteiger partial charge in [-0.3, -0.25) is 14.9 Å². The number of halogens is 1. The van der Waals surface area contributed by atoms with Gasteiger partial charge in [0.15, 0.2) is 6.29 Å². The number of hydrogen-bond acceptors (Lipinski definition) is 4. The summed E-state index contributed by atoms with van der Waals surface area (Å²) in [7, 11) is 0. The van der Waals surface area contributed by atoms with Crippen LogP contribution in [0.3, 0.4) is 0 Å². The van der Waals surface area contributed by atoms with Gasteiger partial charge in [0.1, 0.15) is 12.1 Å². The lowest BCUT2D eigenvalue weighted by Crippen LogP contribution is -2.43. The Morgan fingerprint density at radius 1 is 1.45 bits per heavy atom. The molecule has 1 unspecified atom stereocenters. The maximum absolute atomic E-state index is 6.25. The molecule has 2 heterocycles. The SMILES string of the molecule is C=CCNC1N=CC(Cl)=C(n2cnc3ccccc32)N1. The lowest BCUT2D eigenvalue weighted by Gasteiger charge is -2.23. The second kappa shape index (κ2) is 5.48. The van der Waals surface area contributed by atoms with E-state index in [1.807, 2.05) is 28.8 Å². The van der Waals surface area contributed by atoms with E-state index in [1.165, 1.54) is 0 Å². The van der Waals surface area contributed by atoms with Crippen LogP contribution in [0.4, 0.5) is 0 Å². The summed E-state index contributed by atoms with van der Waals surface area (Å²) < 4.78 is 1.92. The molecule has 20 heavy (non-hydrogen) atoms. The van der Waals surface area contributed by atoms with Gasteiger partial charge in [-0.15, -0.1) is 6.58 Å². The molecule has 0 spiro atoms. The number of benzene rings is 1. The van der Waals surface area contributed by atoms with E-state index in [2.05, 4.69) is 27.2 Å². The van der Waals surface area contributed by atoms with Crippen LogP contribution in [0, 0.1) is 0 Å². The number of aromatic nitrogens is 2. The van der Waals surface area contributed by atoms with Crippen molar-refractivity contribution in [1.29, 1.82) is 0 Å². The van der Waals surface area contributed by atoms with Gasteiger partial charge in [0.2, 0.25) is 0 Å². The third-order valence-electron chi connectivity index (χ3n) is 2.99. The molecule has 6 heteroatoms. The molecule has 0 radical (unpaired) electrons. The highest BCUT2D eigenvalue weighted by molar-refractivity contribution is 6.42. The van der Waals surface area contributed by atoms with E-state index < -0.39 is 0 Å². The molecule has 1 aromatic carbocycles. The molecule has 102 valence electrons. The minimum absolute atomic E-state index is 0.230. The van der Waals surface area contributed by atoms with Crippen molar-refractivity contribution in [3.8, 4) is 0 Å². The molecule has 1 aliphatic rings.